The first-order valence-corrected chi connectivity index (χ1v) is 5.38. The highest BCUT2D eigenvalue weighted by atomic mass is 15.5. The zero-order valence-electron chi connectivity index (χ0n) is 9.89. The third-order valence-corrected chi connectivity index (χ3v) is 2.61. The highest BCUT2D eigenvalue weighted by Gasteiger charge is 2.13. The lowest BCUT2D eigenvalue weighted by Crippen LogP contribution is -2.14. The lowest BCUT2D eigenvalue weighted by atomic mass is 10.3. The summed E-state index contributed by atoms with van der Waals surface area (Å²) in [5.74, 6) is 1.52. The van der Waals surface area contributed by atoms with E-state index >= 15 is 0 Å². The van der Waals surface area contributed by atoms with E-state index in [0.717, 1.165) is 5.82 Å². The van der Waals surface area contributed by atoms with Gasteiger partial charge in [-0.15, -0.1) is 15.3 Å². The molecule has 0 saturated carbocycles. The van der Waals surface area contributed by atoms with Gasteiger partial charge in [-0.25, -0.2) is 0 Å². The van der Waals surface area contributed by atoms with Crippen LogP contribution >= 0.6 is 0 Å². The molecule has 0 aliphatic carbocycles. The number of aryl methyl sites for hydroxylation is 1. The van der Waals surface area contributed by atoms with Crippen molar-refractivity contribution in [3.8, 4) is 0 Å². The molecule has 0 radical (unpaired) electrons. The number of hydrogen-bond acceptors (Lipinski definition) is 7. The highest BCUT2D eigenvalue weighted by molar-refractivity contribution is 5.44. The second-order valence-corrected chi connectivity index (χ2v) is 3.91. The summed E-state index contributed by atoms with van der Waals surface area (Å²) >= 11 is 0. The van der Waals surface area contributed by atoms with Gasteiger partial charge in [0.1, 0.15) is 6.33 Å². The highest BCUT2D eigenvalue weighted by Crippen LogP contribution is 2.15. The van der Waals surface area contributed by atoms with Crippen molar-refractivity contribution >= 4 is 11.5 Å². The van der Waals surface area contributed by atoms with Gasteiger partial charge in [0, 0.05) is 7.05 Å². The van der Waals surface area contributed by atoms with Gasteiger partial charge in [-0.3, -0.25) is 4.98 Å². The molecule has 1 N–H and O–H groups in total. The van der Waals surface area contributed by atoms with Crippen LogP contribution in [0.5, 0.6) is 0 Å². The number of aromatic nitrogens is 8. The van der Waals surface area contributed by atoms with Gasteiger partial charge in [0.25, 0.3) is 0 Å². The molecule has 1 atom stereocenters. The van der Waals surface area contributed by atoms with E-state index < -0.39 is 0 Å². The van der Waals surface area contributed by atoms with Crippen LogP contribution in [0, 0.1) is 0 Å². The Hall–Kier alpha value is -2.58. The van der Waals surface area contributed by atoms with Crippen molar-refractivity contribution in [2.24, 2.45) is 7.05 Å². The van der Waals surface area contributed by atoms with Crippen LogP contribution in [0.4, 0.5) is 5.82 Å². The first kappa shape index (κ1) is 10.6. The Labute approximate surface area is 102 Å². The number of hydrogen-bond donors (Lipinski definition) is 1. The second-order valence-electron chi connectivity index (χ2n) is 3.91. The van der Waals surface area contributed by atoms with Gasteiger partial charge in [-0.05, 0) is 17.4 Å². The van der Waals surface area contributed by atoms with Gasteiger partial charge in [-0.2, -0.15) is 4.52 Å². The summed E-state index contributed by atoms with van der Waals surface area (Å²) in [5.41, 5.74) is 0.588. The van der Waals surface area contributed by atoms with Crippen molar-refractivity contribution in [1.29, 1.82) is 0 Å². The fourth-order valence-corrected chi connectivity index (χ4v) is 1.74. The number of tetrazole rings is 1. The molecule has 3 aromatic rings. The molecule has 0 saturated heterocycles. The maximum absolute atomic E-state index is 4.07. The molecule has 0 aliphatic heterocycles. The zero-order chi connectivity index (χ0) is 12.5. The lowest BCUT2D eigenvalue weighted by molar-refractivity contribution is 0.707. The van der Waals surface area contributed by atoms with Crippen LogP contribution in [0.25, 0.3) is 5.65 Å². The maximum Gasteiger partial charge on any atom is 0.199 e. The van der Waals surface area contributed by atoms with Crippen LogP contribution in [0.15, 0.2) is 18.7 Å². The van der Waals surface area contributed by atoms with E-state index in [1.165, 1.54) is 0 Å². The van der Waals surface area contributed by atoms with Crippen molar-refractivity contribution in [3.05, 3.63) is 24.5 Å². The molecule has 9 heteroatoms. The molecule has 0 fully saturated rings. The summed E-state index contributed by atoms with van der Waals surface area (Å²) < 4.78 is 3.44. The monoisotopic (exact) mass is 245 g/mol. The summed E-state index contributed by atoms with van der Waals surface area (Å²) in [5, 5.41) is 22.5. The molecule has 92 valence electrons. The fourth-order valence-electron chi connectivity index (χ4n) is 1.74. The number of nitrogens with zero attached hydrogens (tertiary/aromatic N) is 8. The molecular formula is C9H11N9. The third-order valence-electron chi connectivity index (χ3n) is 2.61. The molecule has 3 aromatic heterocycles. The van der Waals surface area contributed by atoms with Gasteiger partial charge < -0.3 is 9.88 Å². The Bertz CT molecular complexity index is 669. The van der Waals surface area contributed by atoms with Crippen molar-refractivity contribution in [2.45, 2.75) is 13.0 Å². The van der Waals surface area contributed by atoms with Crippen LogP contribution < -0.4 is 5.32 Å². The van der Waals surface area contributed by atoms with Crippen LogP contribution in [0.2, 0.25) is 0 Å². The second kappa shape index (κ2) is 4.02. The molecular weight excluding hydrogens is 234 g/mol. The molecule has 3 heterocycles. The minimum Gasteiger partial charge on any atom is -0.359 e. The van der Waals surface area contributed by atoms with E-state index in [4.69, 9.17) is 0 Å². The Morgan fingerprint density at radius 1 is 1.28 bits per heavy atom. The minimum absolute atomic E-state index is 0.0332. The molecule has 0 amide bonds. The first-order chi connectivity index (χ1) is 8.75. The number of rotatable bonds is 3. The standard InChI is InChI=1S/C9H11N9/c1-6(9-14-11-5-17(9)2)12-7-3-10-4-8-13-15-16-18(7)8/h3-6,12H,1-2H3. The van der Waals surface area contributed by atoms with E-state index in [-0.39, 0.29) is 6.04 Å². The predicted molar refractivity (Wildman–Crippen MR) is 61.6 cm³/mol. The quantitative estimate of drug-likeness (QED) is 0.683. The number of anilines is 1. The molecule has 1 unspecified atom stereocenters. The zero-order valence-corrected chi connectivity index (χ0v) is 9.89. The summed E-state index contributed by atoms with van der Waals surface area (Å²) in [4.78, 5) is 4.07. The summed E-state index contributed by atoms with van der Waals surface area (Å²) in [6, 6.07) is -0.0332. The van der Waals surface area contributed by atoms with E-state index in [1.807, 2.05) is 18.5 Å². The summed E-state index contributed by atoms with van der Waals surface area (Å²) in [6.45, 7) is 1.98. The van der Waals surface area contributed by atoms with Crippen molar-refractivity contribution in [1.82, 2.24) is 39.8 Å². The van der Waals surface area contributed by atoms with Gasteiger partial charge in [0.15, 0.2) is 17.3 Å². The molecule has 0 aromatic carbocycles. The van der Waals surface area contributed by atoms with Crippen LogP contribution in [0.3, 0.4) is 0 Å². The van der Waals surface area contributed by atoms with Crippen molar-refractivity contribution < 1.29 is 0 Å². The number of fused-ring (bicyclic) bond motifs is 1. The van der Waals surface area contributed by atoms with Crippen molar-refractivity contribution in [3.63, 3.8) is 0 Å². The van der Waals surface area contributed by atoms with E-state index in [1.54, 1.807) is 23.2 Å². The van der Waals surface area contributed by atoms with Gasteiger partial charge >= 0.3 is 0 Å². The average Bonchev–Trinajstić information content (AvgIpc) is 2.97. The fraction of sp³-hybridized carbons (Fsp3) is 0.333. The average molecular weight is 245 g/mol. The first-order valence-electron chi connectivity index (χ1n) is 5.38. The van der Waals surface area contributed by atoms with E-state index in [2.05, 4.69) is 36.0 Å². The third kappa shape index (κ3) is 1.65. The predicted octanol–water partition coefficient (Wildman–Crippen LogP) is -0.179. The van der Waals surface area contributed by atoms with Gasteiger partial charge in [0.2, 0.25) is 0 Å². The molecule has 3 rings (SSSR count). The summed E-state index contributed by atoms with van der Waals surface area (Å²) in [7, 11) is 1.89. The topological polar surface area (TPSA) is 98.7 Å². The molecule has 0 aliphatic rings. The normalized spacial score (nSPS) is 12.8. The SMILES string of the molecule is CC(Nc1cncc2nnnn12)c1nncn1C. The minimum atomic E-state index is -0.0332. The molecule has 9 nitrogen and oxygen atoms in total. The Balaban J connectivity index is 1.93. The largest absolute Gasteiger partial charge is 0.359 e. The van der Waals surface area contributed by atoms with Gasteiger partial charge in [0.05, 0.1) is 18.4 Å². The van der Waals surface area contributed by atoms with Gasteiger partial charge in [-0.1, -0.05) is 0 Å². The van der Waals surface area contributed by atoms with Crippen LogP contribution in [0.1, 0.15) is 18.8 Å². The molecule has 0 spiro atoms. The Morgan fingerprint density at radius 3 is 2.94 bits per heavy atom. The Morgan fingerprint density at radius 2 is 2.17 bits per heavy atom. The summed E-state index contributed by atoms with van der Waals surface area (Å²) in [6.07, 6.45) is 4.91. The lowest BCUT2D eigenvalue weighted by Gasteiger charge is -2.13. The van der Waals surface area contributed by atoms with E-state index in [9.17, 15) is 0 Å². The smallest absolute Gasteiger partial charge is 0.199 e. The molecule has 18 heavy (non-hydrogen) atoms. The van der Waals surface area contributed by atoms with Crippen molar-refractivity contribution in [2.75, 3.05) is 5.32 Å². The van der Waals surface area contributed by atoms with Crippen LogP contribution in [-0.4, -0.2) is 39.8 Å². The van der Waals surface area contributed by atoms with E-state index in [0.29, 0.717) is 11.5 Å². The Kier molecular flexibility index (Phi) is 2.36. The maximum atomic E-state index is 4.07. The number of nitrogens with one attached hydrogen (secondary N) is 1. The van der Waals surface area contributed by atoms with Crippen LogP contribution in [-0.2, 0) is 7.05 Å². The molecule has 0 bridgehead atoms.